The normalized spacial score (nSPS) is 10.1. The molecule has 0 aliphatic rings. The maximum absolute atomic E-state index is 5.76. The van der Waals surface area contributed by atoms with Crippen LogP contribution in [0.15, 0.2) is 53.0 Å². The van der Waals surface area contributed by atoms with Crippen molar-refractivity contribution in [1.82, 2.24) is 0 Å². The molecule has 2 aromatic rings. The second kappa shape index (κ2) is 5.03. The minimum absolute atomic E-state index is 0.545. The minimum atomic E-state index is 0.545. The number of nitrogen functional groups attached to an aromatic ring is 1. The quantitative estimate of drug-likeness (QED) is 0.870. The molecule has 2 N–H and O–H groups in total. The third kappa shape index (κ3) is 2.55. The molecule has 0 atom stereocenters. The Bertz CT molecular complexity index is 471. The van der Waals surface area contributed by atoms with Crippen LogP contribution in [-0.2, 0) is 6.61 Å². The van der Waals surface area contributed by atoms with E-state index >= 15 is 0 Å². The van der Waals surface area contributed by atoms with Crippen molar-refractivity contribution in [2.75, 3.05) is 5.73 Å². The van der Waals surface area contributed by atoms with Crippen LogP contribution in [0.2, 0.25) is 0 Å². The standard InChI is InChI=1S/C13H12BrNO/c14-13-11(15)7-4-8-12(13)16-9-10-5-2-1-3-6-10/h1-8H,9,15H2. The van der Waals surface area contributed by atoms with Crippen molar-refractivity contribution in [1.29, 1.82) is 0 Å². The fraction of sp³-hybridized carbons (Fsp3) is 0.0769. The summed E-state index contributed by atoms with van der Waals surface area (Å²) in [5, 5.41) is 0. The average Bonchev–Trinajstić information content (AvgIpc) is 2.32. The van der Waals surface area contributed by atoms with Gasteiger partial charge in [-0.25, -0.2) is 0 Å². The van der Waals surface area contributed by atoms with Crippen LogP contribution in [0, 0.1) is 0 Å². The van der Waals surface area contributed by atoms with Gasteiger partial charge in [-0.2, -0.15) is 0 Å². The topological polar surface area (TPSA) is 35.2 Å². The average molecular weight is 278 g/mol. The highest BCUT2D eigenvalue weighted by molar-refractivity contribution is 9.10. The van der Waals surface area contributed by atoms with E-state index in [0.717, 1.165) is 15.8 Å². The van der Waals surface area contributed by atoms with Gasteiger partial charge < -0.3 is 10.5 Å². The number of rotatable bonds is 3. The van der Waals surface area contributed by atoms with E-state index in [2.05, 4.69) is 15.9 Å². The first-order valence-electron chi connectivity index (χ1n) is 4.98. The van der Waals surface area contributed by atoms with Crippen molar-refractivity contribution in [2.24, 2.45) is 0 Å². The largest absolute Gasteiger partial charge is 0.488 e. The monoisotopic (exact) mass is 277 g/mol. The molecule has 2 nitrogen and oxygen atoms in total. The lowest BCUT2D eigenvalue weighted by Crippen LogP contribution is -1.97. The van der Waals surface area contributed by atoms with E-state index in [-0.39, 0.29) is 0 Å². The van der Waals surface area contributed by atoms with Crippen LogP contribution < -0.4 is 10.5 Å². The molecule has 0 aliphatic carbocycles. The van der Waals surface area contributed by atoms with Gasteiger partial charge in [0, 0.05) is 5.69 Å². The molecule has 0 saturated heterocycles. The summed E-state index contributed by atoms with van der Waals surface area (Å²) < 4.78 is 6.49. The van der Waals surface area contributed by atoms with Crippen LogP contribution >= 0.6 is 15.9 Å². The molecule has 2 rings (SSSR count). The summed E-state index contributed by atoms with van der Waals surface area (Å²) in [6.45, 7) is 0.545. The first kappa shape index (κ1) is 11.0. The van der Waals surface area contributed by atoms with E-state index in [9.17, 15) is 0 Å². The smallest absolute Gasteiger partial charge is 0.136 e. The zero-order valence-corrected chi connectivity index (χ0v) is 10.3. The molecule has 0 bridgehead atoms. The molecule has 0 heterocycles. The molecule has 0 radical (unpaired) electrons. The first-order valence-corrected chi connectivity index (χ1v) is 5.77. The van der Waals surface area contributed by atoms with Gasteiger partial charge in [-0.15, -0.1) is 0 Å². The predicted molar refractivity (Wildman–Crippen MR) is 69.3 cm³/mol. The van der Waals surface area contributed by atoms with Gasteiger partial charge in [-0.3, -0.25) is 0 Å². The summed E-state index contributed by atoms with van der Waals surface area (Å²) in [5.74, 6) is 0.767. The number of anilines is 1. The van der Waals surface area contributed by atoms with Crippen molar-refractivity contribution in [3.8, 4) is 5.75 Å². The zero-order chi connectivity index (χ0) is 11.4. The summed E-state index contributed by atoms with van der Waals surface area (Å²) in [6.07, 6.45) is 0. The lowest BCUT2D eigenvalue weighted by atomic mass is 10.2. The van der Waals surface area contributed by atoms with Gasteiger partial charge in [-0.05, 0) is 33.6 Å². The van der Waals surface area contributed by atoms with Crippen LogP contribution in [0.1, 0.15) is 5.56 Å². The summed E-state index contributed by atoms with van der Waals surface area (Å²) in [4.78, 5) is 0. The highest BCUT2D eigenvalue weighted by atomic mass is 79.9. The Kier molecular flexibility index (Phi) is 3.47. The molecule has 0 spiro atoms. The molecular formula is C13H12BrNO. The van der Waals surface area contributed by atoms with Crippen LogP contribution in [0.25, 0.3) is 0 Å². The second-order valence-corrected chi connectivity index (χ2v) is 4.23. The van der Waals surface area contributed by atoms with E-state index < -0.39 is 0 Å². The van der Waals surface area contributed by atoms with Gasteiger partial charge >= 0.3 is 0 Å². The summed E-state index contributed by atoms with van der Waals surface area (Å²) >= 11 is 3.40. The van der Waals surface area contributed by atoms with Crippen molar-refractivity contribution in [2.45, 2.75) is 6.61 Å². The van der Waals surface area contributed by atoms with Gasteiger partial charge in [0.1, 0.15) is 12.4 Å². The van der Waals surface area contributed by atoms with Gasteiger partial charge in [-0.1, -0.05) is 36.4 Å². The molecular weight excluding hydrogens is 266 g/mol. The SMILES string of the molecule is Nc1cccc(OCc2ccccc2)c1Br. The van der Waals surface area contributed by atoms with Crippen LogP contribution in [0.4, 0.5) is 5.69 Å². The first-order chi connectivity index (χ1) is 7.77. The molecule has 0 aromatic heterocycles. The van der Waals surface area contributed by atoms with Gasteiger partial charge in [0.2, 0.25) is 0 Å². The number of ether oxygens (including phenoxy) is 1. The van der Waals surface area contributed by atoms with Crippen LogP contribution in [-0.4, -0.2) is 0 Å². The lowest BCUT2D eigenvalue weighted by Gasteiger charge is -2.09. The van der Waals surface area contributed by atoms with E-state index in [1.807, 2.05) is 48.5 Å². The molecule has 0 aliphatic heterocycles. The van der Waals surface area contributed by atoms with Gasteiger partial charge in [0.15, 0.2) is 0 Å². The summed E-state index contributed by atoms with van der Waals surface area (Å²) in [7, 11) is 0. The number of halogens is 1. The molecule has 0 fully saturated rings. The highest BCUT2D eigenvalue weighted by Gasteiger charge is 2.03. The highest BCUT2D eigenvalue weighted by Crippen LogP contribution is 2.30. The maximum Gasteiger partial charge on any atom is 0.136 e. The third-order valence-corrected chi connectivity index (χ3v) is 3.08. The number of hydrogen-bond donors (Lipinski definition) is 1. The fourth-order valence-corrected chi connectivity index (χ4v) is 1.75. The second-order valence-electron chi connectivity index (χ2n) is 3.43. The van der Waals surface area contributed by atoms with E-state index in [4.69, 9.17) is 10.5 Å². The molecule has 0 unspecified atom stereocenters. The Hall–Kier alpha value is -1.48. The third-order valence-electron chi connectivity index (χ3n) is 2.23. The lowest BCUT2D eigenvalue weighted by molar-refractivity contribution is 0.304. The van der Waals surface area contributed by atoms with Gasteiger partial charge in [0.25, 0.3) is 0 Å². The number of nitrogens with two attached hydrogens (primary N) is 1. The predicted octanol–water partition coefficient (Wildman–Crippen LogP) is 3.61. The molecule has 2 aromatic carbocycles. The molecule has 0 saturated carbocycles. The zero-order valence-electron chi connectivity index (χ0n) is 8.69. The Morgan fingerprint density at radius 2 is 1.75 bits per heavy atom. The van der Waals surface area contributed by atoms with Crippen LogP contribution in [0.5, 0.6) is 5.75 Å². The van der Waals surface area contributed by atoms with Crippen molar-refractivity contribution in [3.63, 3.8) is 0 Å². The van der Waals surface area contributed by atoms with E-state index in [1.54, 1.807) is 0 Å². The van der Waals surface area contributed by atoms with Gasteiger partial charge in [0.05, 0.1) is 4.47 Å². The van der Waals surface area contributed by atoms with Crippen molar-refractivity contribution < 1.29 is 4.74 Å². The van der Waals surface area contributed by atoms with E-state index in [1.165, 1.54) is 0 Å². The Balaban J connectivity index is 2.08. The number of hydrogen-bond acceptors (Lipinski definition) is 2. The van der Waals surface area contributed by atoms with E-state index in [0.29, 0.717) is 12.3 Å². The summed E-state index contributed by atoms with van der Waals surface area (Å²) in [5.41, 5.74) is 7.58. The van der Waals surface area contributed by atoms with Crippen molar-refractivity contribution in [3.05, 3.63) is 58.6 Å². The fourth-order valence-electron chi connectivity index (χ4n) is 1.37. The molecule has 16 heavy (non-hydrogen) atoms. The molecule has 82 valence electrons. The Morgan fingerprint density at radius 1 is 1.00 bits per heavy atom. The Labute approximate surface area is 103 Å². The van der Waals surface area contributed by atoms with Crippen molar-refractivity contribution >= 4 is 21.6 Å². The number of benzene rings is 2. The molecule has 3 heteroatoms. The van der Waals surface area contributed by atoms with Crippen LogP contribution in [0.3, 0.4) is 0 Å². The molecule has 0 amide bonds. The maximum atomic E-state index is 5.76. The minimum Gasteiger partial charge on any atom is -0.488 e. The summed E-state index contributed by atoms with van der Waals surface area (Å²) in [6, 6.07) is 15.6. The Morgan fingerprint density at radius 3 is 2.50 bits per heavy atom.